The van der Waals surface area contributed by atoms with E-state index in [9.17, 15) is 5.11 Å². The number of anilines is 1. The summed E-state index contributed by atoms with van der Waals surface area (Å²) in [5.74, 6) is 0.825. The van der Waals surface area contributed by atoms with Crippen LogP contribution in [0.4, 0.5) is 5.69 Å². The number of thiocarbonyl (C=S) groups is 1. The molecule has 0 saturated carbocycles. The molecule has 0 bridgehead atoms. The monoisotopic (exact) mass is 378 g/mol. The molecule has 0 aliphatic rings. The molecule has 0 spiro atoms. The maximum absolute atomic E-state index is 9.37. The van der Waals surface area contributed by atoms with Crippen molar-refractivity contribution >= 4 is 34.6 Å². The molecule has 0 unspecified atom stereocenters. The summed E-state index contributed by atoms with van der Waals surface area (Å²) in [5, 5.41) is 17.0. The SMILES string of the molecule is CCOc1ccc([C@H](CCO)NC(=S)Nc2ccc(Cl)cc2C)cc1. The second-order valence-electron chi connectivity index (χ2n) is 5.62. The summed E-state index contributed by atoms with van der Waals surface area (Å²) in [6.45, 7) is 4.61. The van der Waals surface area contributed by atoms with Gasteiger partial charge in [0.15, 0.2) is 5.11 Å². The van der Waals surface area contributed by atoms with Gasteiger partial charge in [0, 0.05) is 17.3 Å². The van der Waals surface area contributed by atoms with Gasteiger partial charge in [0.25, 0.3) is 0 Å². The van der Waals surface area contributed by atoms with Crippen LogP contribution in [0.25, 0.3) is 0 Å². The topological polar surface area (TPSA) is 53.5 Å². The minimum Gasteiger partial charge on any atom is -0.494 e. The number of nitrogens with one attached hydrogen (secondary N) is 2. The molecule has 0 aliphatic carbocycles. The Bertz CT molecular complexity index is 707. The highest BCUT2D eigenvalue weighted by Crippen LogP contribution is 2.22. The van der Waals surface area contributed by atoms with Gasteiger partial charge >= 0.3 is 0 Å². The number of aryl methyl sites for hydroxylation is 1. The van der Waals surface area contributed by atoms with E-state index in [4.69, 9.17) is 28.6 Å². The van der Waals surface area contributed by atoms with E-state index in [1.165, 1.54) is 0 Å². The van der Waals surface area contributed by atoms with Crippen molar-refractivity contribution in [3.8, 4) is 5.75 Å². The van der Waals surface area contributed by atoms with Gasteiger partial charge in [-0.25, -0.2) is 0 Å². The van der Waals surface area contributed by atoms with E-state index in [0.717, 1.165) is 22.6 Å². The van der Waals surface area contributed by atoms with Crippen LogP contribution in [0, 0.1) is 6.92 Å². The lowest BCUT2D eigenvalue weighted by atomic mass is 10.0. The Kier molecular flexibility index (Phi) is 7.50. The number of aliphatic hydroxyl groups is 1. The molecule has 1 atom stereocenters. The van der Waals surface area contributed by atoms with Gasteiger partial charge < -0.3 is 20.5 Å². The first-order chi connectivity index (χ1) is 12.0. The molecule has 0 radical (unpaired) electrons. The van der Waals surface area contributed by atoms with Crippen LogP contribution in [-0.2, 0) is 0 Å². The molecular weight excluding hydrogens is 356 g/mol. The van der Waals surface area contributed by atoms with E-state index < -0.39 is 0 Å². The fourth-order valence-electron chi connectivity index (χ4n) is 2.50. The standard InChI is InChI=1S/C19H23ClN2O2S/c1-3-24-16-7-4-14(5-8-16)18(10-11-23)22-19(25)21-17-9-6-15(20)12-13(17)2/h4-9,12,18,23H,3,10-11H2,1-2H3,(H2,21,22,25)/t18-/m0/s1. The first-order valence-electron chi connectivity index (χ1n) is 8.20. The number of benzene rings is 2. The molecule has 134 valence electrons. The number of ether oxygens (including phenoxy) is 1. The fourth-order valence-corrected chi connectivity index (χ4v) is 2.98. The molecule has 0 heterocycles. The van der Waals surface area contributed by atoms with Crippen LogP contribution in [0.1, 0.15) is 30.5 Å². The van der Waals surface area contributed by atoms with E-state index >= 15 is 0 Å². The zero-order chi connectivity index (χ0) is 18.2. The molecule has 2 aromatic rings. The van der Waals surface area contributed by atoms with Crippen molar-refractivity contribution in [2.45, 2.75) is 26.3 Å². The van der Waals surface area contributed by atoms with Gasteiger partial charge in [0.1, 0.15) is 5.75 Å². The zero-order valence-corrected chi connectivity index (χ0v) is 16.0. The van der Waals surface area contributed by atoms with Gasteiger partial charge in [-0.15, -0.1) is 0 Å². The molecule has 0 saturated heterocycles. The van der Waals surface area contributed by atoms with E-state index in [0.29, 0.717) is 23.2 Å². The van der Waals surface area contributed by atoms with Gasteiger partial charge in [-0.2, -0.15) is 0 Å². The quantitative estimate of drug-likeness (QED) is 0.621. The summed E-state index contributed by atoms with van der Waals surface area (Å²) in [5.41, 5.74) is 2.95. The zero-order valence-electron chi connectivity index (χ0n) is 14.4. The lowest BCUT2D eigenvalue weighted by Gasteiger charge is -2.21. The van der Waals surface area contributed by atoms with E-state index in [1.54, 1.807) is 0 Å². The molecule has 2 aromatic carbocycles. The molecule has 0 fully saturated rings. The first-order valence-corrected chi connectivity index (χ1v) is 8.99. The Labute approximate surface area is 159 Å². The second kappa shape index (κ2) is 9.61. The third-order valence-corrected chi connectivity index (χ3v) is 4.21. The maximum Gasteiger partial charge on any atom is 0.171 e. The summed E-state index contributed by atoms with van der Waals surface area (Å²) in [6, 6.07) is 13.3. The third kappa shape index (κ3) is 5.88. The maximum atomic E-state index is 9.37. The highest BCUT2D eigenvalue weighted by atomic mass is 35.5. The minimum atomic E-state index is -0.0896. The van der Waals surface area contributed by atoms with Gasteiger partial charge in [0.2, 0.25) is 0 Å². The average molecular weight is 379 g/mol. The molecule has 4 nitrogen and oxygen atoms in total. The average Bonchev–Trinajstić information content (AvgIpc) is 2.58. The predicted octanol–water partition coefficient (Wildman–Crippen LogP) is 4.46. The lowest BCUT2D eigenvalue weighted by Crippen LogP contribution is -2.33. The number of aliphatic hydroxyl groups excluding tert-OH is 1. The number of hydrogen-bond donors (Lipinski definition) is 3. The Morgan fingerprint density at radius 1 is 1.24 bits per heavy atom. The van der Waals surface area contributed by atoms with E-state index in [1.807, 2.05) is 56.3 Å². The van der Waals surface area contributed by atoms with Gasteiger partial charge in [-0.1, -0.05) is 23.7 Å². The summed E-state index contributed by atoms with van der Waals surface area (Å²) in [6.07, 6.45) is 0.551. The smallest absolute Gasteiger partial charge is 0.171 e. The molecule has 2 rings (SSSR count). The first kappa shape index (κ1) is 19.5. The van der Waals surface area contributed by atoms with Crippen molar-refractivity contribution in [1.82, 2.24) is 5.32 Å². The third-order valence-electron chi connectivity index (χ3n) is 3.75. The Morgan fingerprint density at radius 3 is 2.56 bits per heavy atom. The predicted molar refractivity (Wildman–Crippen MR) is 108 cm³/mol. The highest BCUT2D eigenvalue weighted by Gasteiger charge is 2.13. The number of rotatable bonds is 7. The van der Waals surface area contributed by atoms with Crippen molar-refractivity contribution < 1.29 is 9.84 Å². The molecule has 3 N–H and O–H groups in total. The van der Waals surface area contributed by atoms with Crippen LogP contribution in [-0.4, -0.2) is 23.4 Å². The van der Waals surface area contributed by atoms with Crippen molar-refractivity contribution in [2.24, 2.45) is 0 Å². The Balaban J connectivity index is 2.05. The van der Waals surface area contributed by atoms with E-state index in [-0.39, 0.29) is 12.6 Å². The number of hydrogen-bond acceptors (Lipinski definition) is 3. The summed E-state index contributed by atoms with van der Waals surface area (Å²) in [4.78, 5) is 0. The summed E-state index contributed by atoms with van der Waals surface area (Å²) < 4.78 is 5.46. The van der Waals surface area contributed by atoms with Crippen LogP contribution < -0.4 is 15.4 Å². The van der Waals surface area contributed by atoms with Gasteiger partial charge in [-0.3, -0.25) is 0 Å². The van der Waals surface area contributed by atoms with Crippen LogP contribution in [0.3, 0.4) is 0 Å². The summed E-state index contributed by atoms with van der Waals surface area (Å²) >= 11 is 11.4. The van der Waals surface area contributed by atoms with E-state index in [2.05, 4.69) is 10.6 Å². The van der Waals surface area contributed by atoms with Crippen molar-refractivity contribution in [2.75, 3.05) is 18.5 Å². The van der Waals surface area contributed by atoms with Crippen molar-refractivity contribution in [3.05, 3.63) is 58.6 Å². The molecule has 25 heavy (non-hydrogen) atoms. The van der Waals surface area contributed by atoms with Crippen LogP contribution in [0.2, 0.25) is 5.02 Å². The van der Waals surface area contributed by atoms with Gasteiger partial charge in [-0.05, 0) is 73.9 Å². The molecular formula is C19H23ClN2O2S. The molecule has 6 heteroatoms. The Morgan fingerprint density at radius 2 is 1.96 bits per heavy atom. The number of halogens is 1. The molecule has 0 amide bonds. The fraction of sp³-hybridized carbons (Fsp3) is 0.316. The van der Waals surface area contributed by atoms with Crippen molar-refractivity contribution in [1.29, 1.82) is 0 Å². The second-order valence-corrected chi connectivity index (χ2v) is 6.47. The van der Waals surface area contributed by atoms with Crippen LogP contribution in [0.5, 0.6) is 5.75 Å². The molecule has 0 aliphatic heterocycles. The van der Waals surface area contributed by atoms with Crippen LogP contribution in [0.15, 0.2) is 42.5 Å². The Hall–Kier alpha value is -1.82. The molecule has 0 aromatic heterocycles. The van der Waals surface area contributed by atoms with Crippen molar-refractivity contribution in [3.63, 3.8) is 0 Å². The lowest BCUT2D eigenvalue weighted by molar-refractivity contribution is 0.272. The normalized spacial score (nSPS) is 11.7. The largest absolute Gasteiger partial charge is 0.494 e. The van der Waals surface area contributed by atoms with Gasteiger partial charge in [0.05, 0.1) is 12.6 Å². The summed E-state index contributed by atoms with van der Waals surface area (Å²) in [7, 11) is 0. The minimum absolute atomic E-state index is 0.0630. The van der Waals surface area contributed by atoms with Crippen LogP contribution >= 0.6 is 23.8 Å². The highest BCUT2D eigenvalue weighted by molar-refractivity contribution is 7.80.